The minimum atomic E-state index is 0.697. The Kier molecular flexibility index (Phi) is 6.10. The van der Waals surface area contributed by atoms with Crippen molar-refractivity contribution >= 4 is 0 Å². The first-order valence-corrected chi connectivity index (χ1v) is 5.32. The van der Waals surface area contributed by atoms with E-state index >= 15 is 0 Å². The van der Waals surface area contributed by atoms with Gasteiger partial charge in [0.2, 0.25) is 0 Å². The van der Waals surface area contributed by atoms with E-state index < -0.39 is 0 Å². The molecule has 4 nitrogen and oxygen atoms in total. The van der Waals surface area contributed by atoms with Crippen molar-refractivity contribution in [2.75, 3.05) is 53.6 Å². The first-order valence-electron chi connectivity index (χ1n) is 5.32. The van der Waals surface area contributed by atoms with E-state index in [4.69, 9.17) is 9.47 Å². The molecule has 0 aromatic heterocycles. The van der Waals surface area contributed by atoms with Crippen LogP contribution in [0.3, 0.4) is 0 Å². The molecule has 0 bridgehead atoms. The average molecular weight is 202 g/mol. The summed E-state index contributed by atoms with van der Waals surface area (Å²) in [6.45, 7) is 5.66. The number of rotatable bonds is 8. The third kappa shape index (κ3) is 4.37. The average Bonchev–Trinajstić information content (AvgIpc) is 2.08. The van der Waals surface area contributed by atoms with E-state index in [1.807, 2.05) is 0 Å². The van der Waals surface area contributed by atoms with Crippen LogP contribution >= 0.6 is 0 Å². The molecule has 1 N–H and O–H groups in total. The van der Waals surface area contributed by atoms with E-state index in [0.717, 1.165) is 38.7 Å². The van der Waals surface area contributed by atoms with Crippen LogP contribution in [0.1, 0.15) is 6.42 Å². The van der Waals surface area contributed by atoms with Gasteiger partial charge in [-0.25, -0.2) is 0 Å². The van der Waals surface area contributed by atoms with Crippen LogP contribution in [-0.4, -0.2) is 64.6 Å². The summed E-state index contributed by atoms with van der Waals surface area (Å²) in [5, 5.41) is 3.27. The van der Waals surface area contributed by atoms with Gasteiger partial charge in [-0.05, 0) is 13.5 Å². The third-order valence-electron chi connectivity index (χ3n) is 2.61. The summed E-state index contributed by atoms with van der Waals surface area (Å²) in [6, 6.07) is 0.744. The second kappa shape index (κ2) is 7.17. The van der Waals surface area contributed by atoms with Gasteiger partial charge < -0.3 is 19.7 Å². The van der Waals surface area contributed by atoms with Crippen molar-refractivity contribution in [3.63, 3.8) is 0 Å². The minimum Gasteiger partial charge on any atom is -0.382 e. The van der Waals surface area contributed by atoms with Crippen LogP contribution in [0.4, 0.5) is 0 Å². The Hall–Kier alpha value is -0.160. The first kappa shape index (κ1) is 11.9. The van der Waals surface area contributed by atoms with Crippen LogP contribution in [0.15, 0.2) is 0 Å². The molecule has 0 unspecified atom stereocenters. The Balaban J connectivity index is 1.82. The molecular weight excluding hydrogens is 180 g/mol. The fourth-order valence-corrected chi connectivity index (χ4v) is 1.43. The van der Waals surface area contributed by atoms with Crippen molar-refractivity contribution in [3.8, 4) is 0 Å². The molecule has 1 fully saturated rings. The van der Waals surface area contributed by atoms with Crippen molar-refractivity contribution in [3.05, 3.63) is 0 Å². The summed E-state index contributed by atoms with van der Waals surface area (Å²) in [7, 11) is 3.88. The molecular formula is C10H22N2O2. The van der Waals surface area contributed by atoms with E-state index in [1.165, 1.54) is 0 Å². The molecule has 1 saturated heterocycles. The van der Waals surface area contributed by atoms with Gasteiger partial charge in [0, 0.05) is 39.4 Å². The van der Waals surface area contributed by atoms with E-state index in [0.29, 0.717) is 13.2 Å². The fourth-order valence-electron chi connectivity index (χ4n) is 1.43. The zero-order valence-electron chi connectivity index (χ0n) is 9.29. The van der Waals surface area contributed by atoms with Gasteiger partial charge in [-0.3, -0.25) is 0 Å². The van der Waals surface area contributed by atoms with E-state index in [9.17, 15) is 0 Å². The van der Waals surface area contributed by atoms with Crippen LogP contribution in [0, 0.1) is 0 Å². The summed E-state index contributed by atoms with van der Waals surface area (Å²) in [6.07, 6.45) is 1.11. The Morgan fingerprint density at radius 1 is 1.29 bits per heavy atom. The Morgan fingerprint density at radius 3 is 2.64 bits per heavy atom. The second-order valence-corrected chi connectivity index (χ2v) is 3.75. The van der Waals surface area contributed by atoms with E-state index in [2.05, 4.69) is 17.3 Å². The minimum absolute atomic E-state index is 0.697. The van der Waals surface area contributed by atoms with Crippen LogP contribution in [0.5, 0.6) is 0 Å². The molecule has 0 aromatic carbocycles. The van der Waals surface area contributed by atoms with Crippen molar-refractivity contribution < 1.29 is 9.47 Å². The summed E-state index contributed by atoms with van der Waals surface area (Å²) >= 11 is 0. The number of nitrogens with zero attached hydrogens (tertiary/aromatic N) is 1. The molecule has 1 aliphatic heterocycles. The molecule has 1 aliphatic rings. The van der Waals surface area contributed by atoms with Crippen LogP contribution in [0.25, 0.3) is 0 Å². The zero-order chi connectivity index (χ0) is 10.2. The topological polar surface area (TPSA) is 33.7 Å². The van der Waals surface area contributed by atoms with Gasteiger partial charge >= 0.3 is 0 Å². The van der Waals surface area contributed by atoms with Gasteiger partial charge in [0.15, 0.2) is 0 Å². The van der Waals surface area contributed by atoms with Gasteiger partial charge in [-0.1, -0.05) is 0 Å². The molecule has 84 valence electrons. The maximum atomic E-state index is 5.39. The van der Waals surface area contributed by atoms with Crippen molar-refractivity contribution in [1.29, 1.82) is 0 Å². The lowest BCUT2D eigenvalue weighted by Gasteiger charge is -2.35. The van der Waals surface area contributed by atoms with E-state index in [1.54, 1.807) is 7.11 Å². The van der Waals surface area contributed by atoms with Crippen molar-refractivity contribution in [2.45, 2.75) is 12.5 Å². The summed E-state index contributed by atoms with van der Waals surface area (Å²) in [5.74, 6) is 0. The molecule has 1 rings (SSSR count). The highest BCUT2D eigenvalue weighted by Gasteiger charge is 2.20. The first-order chi connectivity index (χ1) is 6.84. The molecule has 0 saturated carbocycles. The Morgan fingerprint density at radius 2 is 2.07 bits per heavy atom. The maximum absolute atomic E-state index is 5.39. The lowest BCUT2D eigenvalue weighted by atomic mass is 10.1. The van der Waals surface area contributed by atoms with Crippen LogP contribution < -0.4 is 5.32 Å². The molecule has 4 heteroatoms. The quantitative estimate of drug-likeness (QED) is 0.559. The molecule has 0 radical (unpaired) electrons. The summed E-state index contributed by atoms with van der Waals surface area (Å²) in [4.78, 5) is 2.40. The van der Waals surface area contributed by atoms with Gasteiger partial charge in [0.1, 0.15) is 0 Å². The highest BCUT2D eigenvalue weighted by Crippen LogP contribution is 2.02. The molecule has 0 amide bonds. The lowest BCUT2D eigenvalue weighted by Crippen LogP contribution is -2.56. The van der Waals surface area contributed by atoms with E-state index in [-0.39, 0.29) is 0 Å². The van der Waals surface area contributed by atoms with Crippen molar-refractivity contribution in [2.24, 2.45) is 0 Å². The second-order valence-electron chi connectivity index (χ2n) is 3.75. The van der Waals surface area contributed by atoms with Crippen LogP contribution in [-0.2, 0) is 9.47 Å². The van der Waals surface area contributed by atoms with Gasteiger partial charge in [0.05, 0.1) is 13.2 Å². The maximum Gasteiger partial charge on any atom is 0.0700 e. The zero-order valence-corrected chi connectivity index (χ0v) is 9.29. The molecule has 1 heterocycles. The normalized spacial score (nSPS) is 17.4. The molecule has 0 atom stereocenters. The highest BCUT2D eigenvalue weighted by atomic mass is 16.5. The van der Waals surface area contributed by atoms with Gasteiger partial charge in [-0.15, -0.1) is 0 Å². The molecule has 14 heavy (non-hydrogen) atoms. The molecule has 0 spiro atoms. The SMILES string of the molecule is COCCOCCCN(C)C1CNC1. The number of methoxy groups -OCH3 is 1. The number of nitrogens with one attached hydrogen (secondary N) is 1. The number of likely N-dealkylation sites (N-methyl/N-ethyl adjacent to an activating group) is 1. The fraction of sp³-hybridized carbons (Fsp3) is 1.00. The molecule has 0 aromatic rings. The largest absolute Gasteiger partial charge is 0.382 e. The standard InChI is InChI=1S/C10H22N2O2/c1-12(10-8-11-9-10)4-3-5-14-7-6-13-2/h10-11H,3-9H2,1-2H3. The summed E-state index contributed by atoms with van der Waals surface area (Å²) < 4.78 is 10.3. The lowest BCUT2D eigenvalue weighted by molar-refractivity contribution is 0.0627. The predicted molar refractivity (Wildman–Crippen MR) is 56.6 cm³/mol. The highest BCUT2D eigenvalue weighted by molar-refractivity contribution is 4.82. The summed E-state index contributed by atoms with van der Waals surface area (Å²) in [5.41, 5.74) is 0. The Labute approximate surface area is 86.6 Å². The molecule has 0 aliphatic carbocycles. The number of ether oxygens (including phenoxy) is 2. The van der Waals surface area contributed by atoms with Gasteiger partial charge in [0.25, 0.3) is 0 Å². The Bertz CT molecular complexity index is 140. The monoisotopic (exact) mass is 202 g/mol. The predicted octanol–water partition coefficient (Wildman–Crippen LogP) is -0.0569. The van der Waals surface area contributed by atoms with Crippen LogP contribution in [0.2, 0.25) is 0 Å². The third-order valence-corrected chi connectivity index (χ3v) is 2.61. The smallest absolute Gasteiger partial charge is 0.0700 e. The number of hydrogen-bond acceptors (Lipinski definition) is 4. The van der Waals surface area contributed by atoms with Gasteiger partial charge in [-0.2, -0.15) is 0 Å². The van der Waals surface area contributed by atoms with Crippen molar-refractivity contribution in [1.82, 2.24) is 10.2 Å². The number of hydrogen-bond donors (Lipinski definition) is 1.